The number of alkyl halides is 1. The summed E-state index contributed by atoms with van der Waals surface area (Å²) in [5, 5.41) is -0.344. The zero-order valence-electron chi connectivity index (χ0n) is 6.28. The quantitative estimate of drug-likeness (QED) is 0.748. The lowest BCUT2D eigenvalue weighted by Gasteiger charge is -1.98. The van der Waals surface area contributed by atoms with Gasteiger partial charge in [-0.2, -0.15) is 0 Å². The van der Waals surface area contributed by atoms with Crippen LogP contribution in [0.4, 0.5) is 0 Å². The van der Waals surface area contributed by atoms with Crippen molar-refractivity contribution in [3.63, 3.8) is 0 Å². The van der Waals surface area contributed by atoms with E-state index in [4.69, 9.17) is 22.1 Å². The normalized spacial score (nSPS) is 12.5. The highest BCUT2D eigenvalue weighted by atomic mass is 35.5. The van der Waals surface area contributed by atoms with Crippen LogP contribution in [-0.2, 0) is 4.79 Å². The molecule has 1 aromatic heterocycles. The molecule has 1 atom stereocenters. The summed E-state index contributed by atoms with van der Waals surface area (Å²) in [5.41, 5.74) is 4.99. The minimum absolute atomic E-state index is 0.469. The fourth-order valence-corrected chi connectivity index (χ4v) is 1.53. The standard InChI is InChI=1S/C6H7ClN2O2S/c1-11-6-9-2-3(12-6)4(7)5(8)10/h2,4H,1H3,(H2,8,10). The van der Waals surface area contributed by atoms with Crippen molar-refractivity contribution in [2.75, 3.05) is 7.11 Å². The molecule has 6 heteroatoms. The molecule has 0 bridgehead atoms. The molecular formula is C6H7ClN2O2S. The van der Waals surface area contributed by atoms with Crippen LogP contribution in [0.5, 0.6) is 5.19 Å². The number of carbonyl (C=O) groups is 1. The Balaban J connectivity index is 2.81. The van der Waals surface area contributed by atoms with Gasteiger partial charge >= 0.3 is 0 Å². The van der Waals surface area contributed by atoms with Crippen molar-refractivity contribution in [1.29, 1.82) is 0 Å². The zero-order chi connectivity index (χ0) is 9.14. The second-order valence-electron chi connectivity index (χ2n) is 2.00. The molecule has 1 heterocycles. The molecule has 66 valence electrons. The number of primary amides is 1. The SMILES string of the molecule is COc1ncc(C(Cl)C(N)=O)s1. The Labute approximate surface area is 78.3 Å². The average Bonchev–Trinajstić information content (AvgIpc) is 2.50. The number of rotatable bonds is 3. The summed E-state index contributed by atoms with van der Waals surface area (Å²) in [6, 6.07) is 0. The number of methoxy groups -OCH3 is 1. The Hall–Kier alpha value is -0.810. The fourth-order valence-electron chi connectivity index (χ4n) is 0.622. The molecule has 0 aliphatic rings. The third kappa shape index (κ3) is 1.86. The van der Waals surface area contributed by atoms with Crippen molar-refractivity contribution in [2.24, 2.45) is 5.73 Å². The van der Waals surface area contributed by atoms with E-state index in [0.717, 1.165) is 0 Å². The molecule has 12 heavy (non-hydrogen) atoms. The highest BCUT2D eigenvalue weighted by Gasteiger charge is 2.17. The molecular weight excluding hydrogens is 200 g/mol. The summed E-state index contributed by atoms with van der Waals surface area (Å²) in [6.45, 7) is 0. The average molecular weight is 207 g/mol. The maximum absolute atomic E-state index is 10.6. The molecule has 0 saturated carbocycles. The summed E-state index contributed by atoms with van der Waals surface area (Å²) in [6.07, 6.45) is 1.48. The van der Waals surface area contributed by atoms with Gasteiger partial charge in [0.15, 0.2) is 0 Å². The van der Waals surface area contributed by atoms with E-state index in [0.29, 0.717) is 10.1 Å². The van der Waals surface area contributed by atoms with Gasteiger partial charge in [-0.25, -0.2) is 4.98 Å². The topological polar surface area (TPSA) is 65.2 Å². The van der Waals surface area contributed by atoms with Crippen molar-refractivity contribution in [2.45, 2.75) is 5.38 Å². The van der Waals surface area contributed by atoms with Crippen LogP contribution in [0.25, 0.3) is 0 Å². The molecule has 2 N–H and O–H groups in total. The Bertz CT molecular complexity index is 289. The maximum atomic E-state index is 10.6. The summed E-state index contributed by atoms with van der Waals surface area (Å²) in [7, 11) is 1.50. The Kier molecular flexibility index (Phi) is 2.88. The fraction of sp³-hybridized carbons (Fsp3) is 0.333. The number of hydrogen-bond acceptors (Lipinski definition) is 4. The van der Waals surface area contributed by atoms with E-state index in [1.54, 1.807) is 0 Å². The van der Waals surface area contributed by atoms with Crippen LogP contribution < -0.4 is 10.5 Å². The molecule has 1 amide bonds. The van der Waals surface area contributed by atoms with Crippen LogP contribution >= 0.6 is 22.9 Å². The summed E-state index contributed by atoms with van der Waals surface area (Å²) in [4.78, 5) is 15.1. The van der Waals surface area contributed by atoms with Gasteiger partial charge in [0.2, 0.25) is 5.91 Å². The predicted octanol–water partition coefficient (Wildman–Crippen LogP) is 0.917. The maximum Gasteiger partial charge on any atom is 0.273 e. The molecule has 4 nitrogen and oxygen atoms in total. The monoisotopic (exact) mass is 206 g/mol. The molecule has 0 fully saturated rings. The first-order chi connectivity index (χ1) is 5.65. The molecule has 0 saturated heterocycles. The molecule has 1 rings (SSSR count). The highest BCUT2D eigenvalue weighted by molar-refractivity contribution is 7.13. The number of amides is 1. The van der Waals surface area contributed by atoms with Gasteiger partial charge in [-0.3, -0.25) is 4.79 Å². The minimum atomic E-state index is -0.814. The number of nitrogens with zero attached hydrogens (tertiary/aromatic N) is 1. The van der Waals surface area contributed by atoms with Crippen molar-refractivity contribution in [3.05, 3.63) is 11.1 Å². The van der Waals surface area contributed by atoms with Crippen molar-refractivity contribution < 1.29 is 9.53 Å². The lowest BCUT2D eigenvalue weighted by Crippen LogP contribution is -2.15. The van der Waals surface area contributed by atoms with E-state index in [1.807, 2.05) is 0 Å². The van der Waals surface area contributed by atoms with Crippen LogP contribution in [0.15, 0.2) is 6.20 Å². The minimum Gasteiger partial charge on any atom is -0.473 e. The van der Waals surface area contributed by atoms with Gasteiger partial charge in [0.25, 0.3) is 5.19 Å². The Morgan fingerprint density at radius 3 is 3.00 bits per heavy atom. The lowest BCUT2D eigenvalue weighted by atomic mass is 10.4. The molecule has 0 aliphatic heterocycles. The largest absolute Gasteiger partial charge is 0.473 e. The van der Waals surface area contributed by atoms with Gasteiger partial charge < -0.3 is 10.5 Å². The number of thiazole rings is 1. The first-order valence-electron chi connectivity index (χ1n) is 3.08. The number of aromatic nitrogens is 1. The Morgan fingerprint density at radius 2 is 2.58 bits per heavy atom. The number of nitrogens with two attached hydrogens (primary N) is 1. The predicted molar refractivity (Wildman–Crippen MR) is 46.5 cm³/mol. The third-order valence-electron chi connectivity index (χ3n) is 1.18. The number of halogens is 1. The molecule has 0 aliphatic carbocycles. The van der Waals surface area contributed by atoms with Crippen molar-refractivity contribution in [1.82, 2.24) is 4.98 Å². The van der Waals surface area contributed by atoms with E-state index in [9.17, 15) is 4.79 Å². The number of ether oxygens (including phenoxy) is 1. The Morgan fingerprint density at radius 1 is 1.92 bits per heavy atom. The number of carbonyl (C=O) groups excluding carboxylic acids is 1. The van der Waals surface area contributed by atoms with Crippen LogP contribution in [-0.4, -0.2) is 18.0 Å². The van der Waals surface area contributed by atoms with E-state index in [1.165, 1.54) is 24.6 Å². The smallest absolute Gasteiger partial charge is 0.273 e. The van der Waals surface area contributed by atoms with Gasteiger partial charge in [0.05, 0.1) is 12.0 Å². The second kappa shape index (κ2) is 3.73. The van der Waals surface area contributed by atoms with Gasteiger partial charge in [0, 0.05) is 6.20 Å². The van der Waals surface area contributed by atoms with Crippen LogP contribution in [0, 0.1) is 0 Å². The zero-order valence-corrected chi connectivity index (χ0v) is 7.85. The molecule has 1 unspecified atom stereocenters. The summed E-state index contributed by atoms with van der Waals surface area (Å²) >= 11 is 6.85. The number of hydrogen-bond donors (Lipinski definition) is 1. The molecule has 0 aromatic carbocycles. The van der Waals surface area contributed by atoms with Crippen molar-refractivity contribution in [3.8, 4) is 5.19 Å². The second-order valence-corrected chi connectivity index (χ2v) is 3.46. The molecule has 1 aromatic rings. The van der Waals surface area contributed by atoms with Crippen molar-refractivity contribution >= 4 is 28.8 Å². The lowest BCUT2D eigenvalue weighted by molar-refractivity contribution is -0.117. The van der Waals surface area contributed by atoms with E-state index in [-0.39, 0.29) is 0 Å². The van der Waals surface area contributed by atoms with E-state index >= 15 is 0 Å². The first kappa shape index (κ1) is 9.28. The summed E-state index contributed by atoms with van der Waals surface area (Å²) < 4.78 is 4.82. The summed E-state index contributed by atoms with van der Waals surface area (Å²) in [5.74, 6) is -0.581. The van der Waals surface area contributed by atoms with E-state index in [2.05, 4.69) is 4.98 Å². The highest BCUT2D eigenvalue weighted by Crippen LogP contribution is 2.29. The van der Waals surface area contributed by atoms with Crippen LogP contribution in [0.2, 0.25) is 0 Å². The first-order valence-corrected chi connectivity index (χ1v) is 4.33. The third-order valence-corrected chi connectivity index (χ3v) is 2.78. The van der Waals surface area contributed by atoms with Gasteiger partial charge in [0.1, 0.15) is 5.38 Å². The molecule has 0 radical (unpaired) electrons. The van der Waals surface area contributed by atoms with Crippen LogP contribution in [0.1, 0.15) is 10.3 Å². The van der Waals surface area contributed by atoms with E-state index < -0.39 is 11.3 Å². The van der Waals surface area contributed by atoms with Crippen LogP contribution in [0.3, 0.4) is 0 Å². The molecule has 0 spiro atoms. The van der Waals surface area contributed by atoms with Gasteiger partial charge in [-0.15, -0.1) is 11.6 Å². The van der Waals surface area contributed by atoms with Gasteiger partial charge in [-0.1, -0.05) is 11.3 Å². The van der Waals surface area contributed by atoms with Gasteiger partial charge in [-0.05, 0) is 0 Å².